The average molecular weight is 199 g/mol. The molecule has 1 aromatic heterocycles. The van der Waals surface area contributed by atoms with Crippen molar-refractivity contribution in [2.45, 2.75) is 13.3 Å². The molecule has 1 rings (SSSR count). The standard InChI is InChI=1S/C7H9N3O4/c1-4-5(10-14-9-4)2-6(11)8-3-7(12)13/h2-3H2,1H3,(H,8,11)(H,12,13). The van der Waals surface area contributed by atoms with Gasteiger partial charge in [0, 0.05) is 0 Å². The first kappa shape index (κ1) is 10.2. The van der Waals surface area contributed by atoms with Crippen LogP contribution in [0.3, 0.4) is 0 Å². The molecule has 0 saturated carbocycles. The maximum atomic E-state index is 11.1. The highest BCUT2D eigenvalue weighted by Crippen LogP contribution is 2.00. The van der Waals surface area contributed by atoms with E-state index in [1.165, 1.54) is 0 Å². The number of carbonyl (C=O) groups excluding carboxylic acids is 1. The van der Waals surface area contributed by atoms with Gasteiger partial charge in [0.15, 0.2) is 0 Å². The Morgan fingerprint density at radius 2 is 2.21 bits per heavy atom. The maximum absolute atomic E-state index is 11.1. The van der Waals surface area contributed by atoms with Crippen LogP contribution in [0.15, 0.2) is 4.63 Å². The maximum Gasteiger partial charge on any atom is 0.322 e. The van der Waals surface area contributed by atoms with E-state index in [0.29, 0.717) is 11.4 Å². The molecule has 14 heavy (non-hydrogen) atoms. The van der Waals surface area contributed by atoms with E-state index < -0.39 is 18.4 Å². The second-order valence-corrected chi connectivity index (χ2v) is 2.64. The Bertz CT molecular complexity index is 346. The van der Waals surface area contributed by atoms with E-state index in [1.807, 2.05) is 0 Å². The van der Waals surface area contributed by atoms with Crippen LogP contribution in [0.4, 0.5) is 0 Å². The third-order valence-electron chi connectivity index (χ3n) is 1.51. The van der Waals surface area contributed by atoms with Gasteiger partial charge in [-0.25, -0.2) is 4.63 Å². The van der Waals surface area contributed by atoms with Crippen molar-refractivity contribution in [3.8, 4) is 0 Å². The van der Waals surface area contributed by atoms with Gasteiger partial charge in [0.2, 0.25) is 5.91 Å². The van der Waals surface area contributed by atoms with Crippen molar-refractivity contribution in [2.75, 3.05) is 6.54 Å². The van der Waals surface area contributed by atoms with Crippen molar-refractivity contribution in [2.24, 2.45) is 0 Å². The van der Waals surface area contributed by atoms with Gasteiger partial charge < -0.3 is 10.4 Å². The minimum Gasteiger partial charge on any atom is -0.480 e. The predicted octanol–water partition coefficient (Wildman–Crippen LogP) is -0.879. The van der Waals surface area contributed by atoms with E-state index in [1.54, 1.807) is 6.92 Å². The number of hydrogen-bond acceptors (Lipinski definition) is 5. The third kappa shape index (κ3) is 2.85. The van der Waals surface area contributed by atoms with E-state index in [-0.39, 0.29) is 6.42 Å². The summed E-state index contributed by atoms with van der Waals surface area (Å²) in [6, 6.07) is 0. The van der Waals surface area contributed by atoms with Gasteiger partial charge in [0.25, 0.3) is 0 Å². The number of carboxylic acid groups (broad SMARTS) is 1. The lowest BCUT2D eigenvalue weighted by molar-refractivity contribution is -0.137. The molecule has 0 unspecified atom stereocenters. The van der Waals surface area contributed by atoms with Crippen molar-refractivity contribution < 1.29 is 19.3 Å². The van der Waals surface area contributed by atoms with Crippen molar-refractivity contribution in [1.82, 2.24) is 15.6 Å². The van der Waals surface area contributed by atoms with Crippen LogP contribution in [0.1, 0.15) is 11.4 Å². The second kappa shape index (κ2) is 4.35. The molecule has 0 radical (unpaired) electrons. The molecule has 0 aromatic carbocycles. The number of nitrogens with zero attached hydrogens (tertiary/aromatic N) is 2. The zero-order valence-electron chi connectivity index (χ0n) is 7.48. The van der Waals surface area contributed by atoms with Crippen molar-refractivity contribution in [1.29, 1.82) is 0 Å². The predicted molar refractivity (Wildman–Crippen MR) is 43.4 cm³/mol. The van der Waals surface area contributed by atoms with Crippen LogP contribution in [0.25, 0.3) is 0 Å². The fraction of sp³-hybridized carbons (Fsp3) is 0.429. The van der Waals surface area contributed by atoms with E-state index >= 15 is 0 Å². The average Bonchev–Trinajstić information content (AvgIpc) is 2.49. The molecule has 0 bridgehead atoms. The molecular formula is C7H9N3O4. The minimum atomic E-state index is -1.09. The Morgan fingerprint density at radius 1 is 1.50 bits per heavy atom. The summed E-state index contributed by atoms with van der Waals surface area (Å²) in [5, 5.41) is 17.5. The van der Waals surface area contributed by atoms with Gasteiger partial charge in [-0.15, -0.1) is 0 Å². The first-order valence-electron chi connectivity index (χ1n) is 3.86. The first-order chi connectivity index (χ1) is 6.59. The summed E-state index contributed by atoms with van der Waals surface area (Å²) in [4.78, 5) is 21.2. The van der Waals surface area contributed by atoms with Gasteiger partial charge in [0.05, 0.1) is 6.42 Å². The minimum absolute atomic E-state index is 0.0252. The van der Waals surface area contributed by atoms with Crippen LogP contribution in [0, 0.1) is 6.92 Å². The van der Waals surface area contributed by atoms with E-state index in [4.69, 9.17) is 5.11 Å². The van der Waals surface area contributed by atoms with Crippen LogP contribution in [-0.2, 0) is 16.0 Å². The Morgan fingerprint density at radius 3 is 2.71 bits per heavy atom. The molecule has 0 fully saturated rings. The van der Waals surface area contributed by atoms with Crippen molar-refractivity contribution in [3.63, 3.8) is 0 Å². The molecule has 1 amide bonds. The van der Waals surface area contributed by atoms with Crippen LogP contribution in [-0.4, -0.2) is 33.8 Å². The van der Waals surface area contributed by atoms with Gasteiger partial charge in [-0.1, -0.05) is 10.3 Å². The van der Waals surface area contributed by atoms with Crippen LogP contribution >= 0.6 is 0 Å². The zero-order chi connectivity index (χ0) is 10.6. The van der Waals surface area contributed by atoms with Gasteiger partial charge in [-0.05, 0) is 6.92 Å². The van der Waals surface area contributed by atoms with Crippen LogP contribution < -0.4 is 5.32 Å². The van der Waals surface area contributed by atoms with Crippen LogP contribution in [0.2, 0.25) is 0 Å². The van der Waals surface area contributed by atoms with Gasteiger partial charge in [-0.3, -0.25) is 9.59 Å². The smallest absolute Gasteiger partial charge is 0.322 e. The summed E-state index contributed by atoms with van der Waals surface area (Å²) >= 11 is 0. The molecule has 7 nitrogen and oxygen atoms in total. The fourth-order valence-corrected chi connectivity index (χ4v) is 0.799. The molecule has 0 aliphatic carbocycles. The molecule has 76 valence electrons. The van der Waals surface area contributed by atoms with Gasteiger partial charge >= 0.3 is 5.97 Å². The quantitative estimate of drug-likeness (QED) is 0.652. The number of rotatable bonds is 4. The van der Waals surface area contributed by atoms with Gasteiger partial charge in [-0.2, -0.15) is 0 Å². The largest absolute Gasteiger partial charge is 0.480 e. The van der Waals surface area contributed by atoms with Crippen molar-refractivity contribution >= 4 is 11.9 Å². The number of amides is 1. The molecule has 7 heteroatoms. The highest BCUT2D eigenvalue weighted by molar-refractivity contribution is 5.82. The topological polar surface area (TPSA) is 105 Å². The summed E-state index contributed by atoms with van der Waals surface area (Å²) in [5.74, 6) is -1.51. The highest BCUT2D eigenvalue weighted by Gasteiger charge is 2.11. The molecule has 0 atom stereocenters. The number of hydrogen-bond donors (Lipinski definition) is 2. The van der Waals surface area contributed by atoms with E-state index in [0.717, 1.165) is 0 Å². The Balaban J connectivity index is 2.42. The summed E-state index contributed by atoms with van der Waals surface area (Å²) in [5.41, 5.74) is 0.934. The molecular weight excluding hydrogens is 190 g/mol. The molecule has 0 spiro atoms. The first-order valence-corrected chi connectivity index (χ1v) is 3.86. The Kier molecular flexibility index (Phi) is 3.16. The van der Waals surface area contributed by atoms with E-state index in [2.05, 4.69) is 20.3 Å². The zero-order valence-corrected chi connectivity index (χ0v) is 7.48. The Labute approximate surface area is 79.1 Å². The molecule has 1 heterocycles. The molecule has 0 aliphatic heterocycles. The molecule has 0 saturated heterocycles. The summed E-state index contributed by atoms with van der Waals surface area (Å²) in [6.45, 7) is 1.25. The van der Waals surface area contributed by atoms with Crippen molar-refractivity contribution in [3.05, 3.63) is 11.4 Å². The number of nitrogens with one attached hydrogen (secondary N) is 1. The SMILES string of the molecule is Cc1nonc1CC(=O)NCC(=O)O. The third-order valence-corrected chi connectivity index (χ3v) is 1.51. The Hall–Kier alpha value is -1.92. The number of aryl methyl sites for hydroxylation is 1. The number of carbonyl (C=O) groups is 2. The second-order valence-electron chi connectivity index (χ2n) is 2.64. The summed E-state index contributed by atoms with van der Waals surface area (Å²) in [6.07, 6.45) is -0.0252. The van der Waals surface area contributed by atoms with Crippen LogP contribution in [0.5, 0.6) is 0 Å². The fourth-order valence-electron chi connectivity index (χ4n) is 0.799. The number of aliphatic carboxylic acids is 1. The lowest BCUT2D eigenvalue weighted by Crippen LogP contribution is -2.30. The monoisotopic (exact) mass is 199 g/mol. The summed E-state index contributed by atoms with van der Waals surface area (Å²) in [7, 11) is 0. The van der Waals surface area contributed by atoms with Gasteiger partial charge in [0.1, 0.15) is 17.9 Å². The molecule has 2 N–H and O–H groups in total. The molecule has 1 aromatic rings. The van der Waals surface area contributed by atoms with E-state index in [9.17, 15) is 9.59 Å². The lowest BCUT2D eigenvalue weighted by atomic mass is 10.2. The number of aromatic nitrogens is 2. The summed E-state index contributed by atoms with van der Waals surface area (Å²) < 4.78 is 4.38. The molecule has 0 aliphatic rings. The number of carboxylic acids is 1. The lowest BCUT2D eigenvalue weighted by Gasteiger charge is -1.98. The highest BCUT2D eigenvalue weighted by atomic mass is 16.6. The normalized spacial score (nSPS) is 9.79.